The van der Waals surface area contributed by atoms with E-state index in [4.69, 9.17) is 5.73 Å². The van der Waals surface area contributed by atoms with E-state index in [2.05, 4.69) is 9.47 Å². The van der Waals surface area contributed by atoms with Gasteiger partial charge in [0.1, 0.15) is 5.54 Å². The van der Waals surface area contributed by atoms with Gasteiger partial charge in [-0.05, 0) is 13.8 Å². The molecule has 1 atom stereocenters. The summed E-state index contributed by atoms with van der Waals surface area (Å²) in [7, 11) is 0. The molecule has 0 aromatic carbocycles. The molecule has 0 spiro atoms. The molecule has 0 aliphatic carbocycles. The van der Waals surface area contributed by atoms with Gasteiger partial charge in [0.05, 0.1) is 13.2 Å². The number of rotatable bonds is 5. The van der Waals surface area contributed by atoms with Crippen LogP contribution >= 0.6 is 0 Å². The predicted octanol–water partition coefficient (Wildman–Crippen LogP) is 1.78. The summed E-state index contributed by atoms with van der Waals surface area (Å²) >= 11 is 0. The first-order valence-corrected chi connectivity index (χ1v) is 5.03. The lowest BCUT2D eigenvalue weighted by molar-refractivity contribution is -0.323. The maximum atomic E-state index is 12.1. The van der Waals surface area contributed by atoms with E-state index in [1.165, 1.54) is 6.92 Å². The summed E-state index contributed by atoms with van der Waals surface area (Å²) in [6.07, 6.45) is -15.3. The minimum atomic E-state index is -5.65. The third-order valence-corrected chi connectivity index (χ3v) is 1.89. The molecule has 0 amide bonds. The Bertz CT molecular complexity index is 298. The standard InChI is InChI=1S/C9H13F6NO3/c1-3-18-6(17)7(2,16)4-19-5(8(10,11)12)9(13,14)15/h5H,3-4,16H2,1-2H3. The Labute approximate surface area is 104 Å². The van der Waals surface area contributed by atoms with E-state index in [1.54, 1.807) is 0 Å². The maximum absolute atomic E-state index is 12.1. The van der Waals surface area contributed by atoms with Gasteiger partial charge in [-0.2, -0.15) is 26.3 Å². The van der Waals surface area contributed by atoms with Crippen LogP contribution in [0.1, 0.15) is 13.8 Å². The number of carbonyl (C=O) groups is 1. The molecule has 0 fully saturated rings. The van der Waals surface area contributed by atoms with Gasteiger partial charge in [-0.15, -0.1) is 0 Å². The number of alkyl halides is 6. The van der Waals surface area contributed by atoms with Crippen molar-refractivity contribution in [3.8, 4) is 0 Å². The van der Waals surface area contributed by atoms with Gasteiger partial charge < -0.3 is 15.2 Å². The van der Waals surface area contributed by atoms with Crippen molar-refractivity contribution < 1.29 is 40.6 Å². The molecular weight excluding hydrogens is 284 g/mol. The summed E-state index contributed by atoms with van der Waals surface area (Å²) in [5.74, 6) is -1.15. The molecule has 0 saturated carbocycles. The van der Waals surface area contributed by atoms with Crippen LogP contribution in [0.2, 0.25) is 0 Å². The lowest BCUT2D eigenvalue weighted by Gasteiger charge is -2.28. The van der Waals surface area contributed by atoms with E-state index in [9.17, 15) is 31.1 Å². The monoisotopic (exact) mass is 297 g/mol. The first-order valence-electron chi connectivity index (χ1n) is 5.03. The van der Waals surface area contributed by atoms with Crippen LogP contribution in [-0.2, 0) is 14.3 Å². The average Bonchev–Trinajstić information content (AvgIpc) is 2.13. The van der Waals surface area contributed by atoms with Gasteiger partial charge in [0.25, 0.3) is 0 Å². The number of halogens is 6. The summed E-state index contributed by atoms with van der Waals surface area (Å²) in [6, 6.07) is 0. The molecule has 0 aliphatic rings. The third kappa shape index (κ3) is 5.64. The van der Waals surface area contributed by atoms with E-state index in [0.29, 0.717) is 0 Å². The fourth-order valence-corrected chi connectivity index (χ4v) is 0.986. The van der Waals surface area contributed by atoms with E-state index in [0.717, 1.165) is 6.92 Å². The van der Waals surface area contributed by atoms with E-state index < -0.39 is 36.6 Å². The van der Waals surface area contributed by atoms with Crippen molar-refractivity contribution in [1.29, 1.82) is 0 Å². The van der Waals surface area contributed by atoms with Crippen molar-refractivity contribution in [2.24, 2.45) is 5.73 Å². The molecule has 0 aliphatic heterocycles. The number of carbonyl (C=O) groups excluding carboxylic acids is 1. The van der Waals surface area contributed by atoms with Crippen LogP contribution < -0.4 is 5.73 Å². The summed E-state index contributed by atoms with van der Waals surface area (Å²) in [5, 5.41) is 0. The lowest BCUT2D eigenvalue weighted by Crippen LogP contribution is -2.54. The van der Waals surface area contributed by atoms with Crippen molar-refractivity contribution in [2.45, 2.75) is 37.8 Å². The molecule has 0 aromatic rings. The van der Waals surface area contributed by atoms with Crippen molar-refractivity contribution in [1.82, 2.24) is 0 Å². The molecule has 2 N–H and O–H groups in total. The Morgan fingerprint density at radius 2 is 1.58 bits per heavy atom. The van der Waals surface area contributed by atoms with Gasteiger partial charge in [0.15, 0.2) is 0 Å². The van der Waals surface area contributed by atoms with Crippen molar-refractivity contribution in [3.63, 3.8) is 0 Å². The van der Waals surface area contributed by atoms with Gasteiger partial charge in [-0.3, -0.25) is 0 Å². The van der Waals surface area contributed by atoms with Crippen LogP contribution in [0.3, 0.4) is 0 Å². The Morgan fingerprint density at radius 3 is 1.89 bits per heavy atom. The minimum absolute atomic E-state index is 0.117. The molecule has 0 saturated heterocycles. The molecular formula is C9H13F6NO3. The van der Waals surface area contributed by atoms with Gasteiger partial charge in [0, 0.05) is 0 Å². The summed E-state index contributed by atoms with van der Waals surface area (Å²) in [5.41, 5.74) is 3.14. The maximum Gasteiger partial charge on any atom is 0.423 e. The smallest absolute Gasteiger partial charge is 0.423 e. The van der Waals surface area contributed by atoms with E-state index in [1.807, 2.05) is 0 Å². The van der Waals surface area contributed by atoms with Crippen LogP contribution in [0.5, 0.6) is 0 Å². The molecule has 10 heteroatoms. The quantitative estimate of drug-likeness (QED) is 0.620. The molecule has 0 rings (SSSR count). The number of hydrogen-bond donors (Lipinski definition) is 1. The van der Waals surface area contributed by atoms with E-state index >= 15 is 0 Å². The zero-order chi connectivity index (χ0) is 15.5. The molecule has 0 aromatic heterocycles. The average molecular weight is 297 g/mol. The third-order valence-electron chi connectivity index (χ3n) is 1.89. The fourth-order valence-electron chi connectivity index (χ4n) is 0.986. The lowest BCUT2D eigenvalue weighted by atomic mass is 10.1. The topological polar surface area (TPSA) is 61.5 Å². The first-order chi connectivity index (χ1) is 8.32. The molecule has 114 valence electrons. The largest absolute Gasteiger partial charge is 0.465 e. The molecule has 1 unspecified atom stereocenters. The SMILES string of the molecule is CCOC(=O)C(C)(N)COC(C(F)(F)F)C(F)(F)F. The predicted molar refractivity (Wildman–Crippen MR) is 51.1 cm³/mol. The summed E-state index contributed by atoms with van der Waals surface area (Å²) < 4.78 is 81.0. The van der Waals surface area contributed by atoms with Crippen molar-refractivity contribution in [2.75, 3.05) is 13.2 Å². The number of ether oxygens (including phenoxy) is 2. The summed E-state index contributed by atoms with van der Waals surface area (Å²) in [6.45, 7) is 0.918. The first kappa shape index (κ1) is 18.0. The van der Waals surface area contributed by atoms with Crippen molar-refractivity contribution >= 4 is 5.97 Å². The highest BCUT2D eigenvalue weighted by Crippen LogP contribution is 2.35. The molecule has 19 heavy (non-hydrogen) atoms. The van der Waals surface area contributed by atoms with Crippen LogP contribution in [0, 0.1) is 0 Å². The zero-order valence-corrected chi connectivity index (χ0v) is 10.1. The minimum Gasteiger partial charge on any atom is -0.465 e. The molecule has 0 bridgehead atoms. The highest BCUT2D eigenvalue weighted by atomic mass is 19.4. The Balaban J connectivity index is 4.79. The van der Waals surface area contributed by atoms with Crippen LogP contribution in [-0.4, -0.2) is 43.2 Å². The number of esters is 1. The highest BCUT2D eigenvalue weighted by molar-refractivity contribution is 5.80. The fraction of sp³-hybridized carbons (Fsp3) is 0.889. The molecule has 4 nitrogen and oxygen atoms in total. The second-order valence-electron chi connectivity index (χ2n) is 3.91. The number of hydrogen-bond acceptors (Lipinski definition) is 4. The Kier molecular flexibility index (Phi) is 5.63. The van der Waals surface area contributed by atoms with Gasteiger partial charge in [0.2, 0.25) is 6.10 Å². The van der Waals surface area contributed by atoms with Crippen LogP contribution in [0.4, 0.5) is 26.3 Å². The molecule has 0 heterocycles. The highest BCUT2D eigenvalue weighted by Gasteiger charge is 2.58. The van der Waals surface area contributed by atoms with E-state index in [-0.39, 0.29) is 6.61 Å². The second kappa shape index (κ2) is 5.95. The number of nitrogens with two attached hydrogens (primary N) is 1. The summed E-state index contributed by atoms with van der Waals surface area (Å²) in [4.78, 5) is 11.2. The second-order valence-corrected chi connectivity index (χ2v) is 3.91. The van der Waals surface area contributed by atoms with Crippen LogP contribution in [0.15, 0.2) is 0 Å². The van der Waals surface area contributed by atoms with Gasteiger partial charge in [-0.25, -0.2) is 4.79 Å². The Morgan fingerprint density at radius 1 is 1.16 bits per heavy atom. The Hall–Kier alpha value is -1.03. The van der Waals surface area contributed by atoms with Gasteiger partial charge >= 0.3 is 18.3 Å². The molecule has 0 radical (unpaired) electrons. The van der Waals surface area contributed by atoms with Crippen molar-refractivity contribution in [3.05, 3.63) is 0 Å². The zero-order valence-electron chi connectivity index (χ0n) is 10.1. The van der Waals surface area contributed by atoms with Crippen LogP contribution in [0.25, 0.3) is 0 Å². The normalized spacial score (nSPS) is 16.3. The van der Waals surface area contributed by atoms with Gasteiger partial charge in [-0.1, -0.05) is 0 Å².